The lowest BCUT2D eigenvalue weighted by Crippen LogP contribution is -2.41. The summed E-state index contributed by atoms with van der Waals surface area (Å²) in [5.41, 5.74) is -0.569. The summed E-state index contributed by atoms with van der Waals surface area (Å²) in [6.45, 7) is 5.22. The average molecular weight is 207 g/mol. The molecule has 1 N–H and O–H groups in total. The van der Waals surface area contributed by atoms with E-state index >= 15 is 0 Å². The maximum atomic E-state index is 11.8. The molecule has 1 aromatic heterocycles. The summed E-state index contributed by atoms with van der Waals surface area (Å²) in [6, 6.07) is 5.42. The highest BCUT2D eigenvalue weighted by Crippen LogP contribution is 2.18. The average Bonchev–Trinajstić information content (AvgIpc) is 2.18. The number of rotatable bonds is 4. The first-order valence-corrected chi connectivity index (χ1v) is 5.10. The Balaban J connectivity index is 2.72. The van der Waals surface area contributed by atoms with E-state index in [2.05, 4.69) is 4.98 Å². The Morgan fingerprint density at radius 3 is 2.67 bits per heavy atom. The van der Waals surface area contributed by atoms with E-state index in [0.29, 0.717) is 5.69 Å². The highest BCUT2D eigenvalue weighted by molar-refractivity contribution is 5.88. The van der Waals surface area contributed by atoms with Gasteiger partial charge in [0.1, 0.15) is 5.60 Å². The highest BCUT2D eigenvalue weighted by Gasteiger charge is 2.33. The number of carbonyl (C=O) groups is 1. The Bertz CT molecular complexity index is 331. The zero-order valence-electron chi connectivity index (χ0n) is 9.40. The van der Waals surface area contributed by atoms with Crippen LogP contribution in [0.5, 0.6) is 0 Å². The van der Waals surface area contributed by atoms with Crippen molar-refractivity contribution in [3.05, 3.63) is 30.1 Å². The molecule has 0 radical (unpaired) electrons. The van der Waals surface area contributed by atoms with E-state index in [1.165, 1.54) is 0 Å². The molecule has 0 aromatic carbocycles. The lowest BCUT2D eigenvalue weighted by atomic mass is 9.86. The van der Waals surface area contributed by atoms with Crippen LogP contribution in [0.25, 0.3) is 0 Å². The van der Waals surface area contributed by atoms with Gasteiger partial charge in [0.25, 0.3) is 0 Å². The third-order valence-corrected chi connectivity index (χ3v) is 2.76. The van der Waals surface area contributed by atoms with Crippen molar-refractivity contribution in [2.45, 2.75) is 32.8 Å². The zero-order chi connectivity index (χ0) is 11.5. The maximum absolute atomic E-state index is 11.8. The topological polar surface area (TPSA) is 50.2 Å². The number of ketones is 1. The summed E-state index contributed by atoms with van der Waals surface area (Å²) in [6.07, 6.45) is 1.83. The Morgan fingerprint density at radius 1 is 1.53 bits per heavy atom. The van der Waals surface area contributed by atoms with Gasteiger partial charge >= 0.3 is 0 Å². The second-order valence-electron chi connectivity index (χ2n) is 4.22. The number of aromatic nitrogens is 1. The van der Waals surface area contributed by atoms with Gasteiger partial charge in [0, 0.05) is 11.9 Å². The molecule has 1 atom stereocenters. The van der Waals surface area contributed by atoms with Crippen molar-refractivity contribution < 1.29 is 9.90 Å². The van der Waals surface area contributed by atoms with Crippen LogP contribution in [0, 0.1) is 5.92 Å². The summed E-state index contributed by atoms with van der Waals surface area (Å²) < 4.78 is 0. The van der Waals surface area contributed by atoms with Crippen molar-refractivity contribution in [3.63, 3.8) is 0 Å². The van der Waals surface area contributed by atoms with Crippen molar-refractivity contribution >= 4 is 5.78 Å². The molecule has 15 heavy (non-hydrogen) atoms. The van der Waals surface area contributed by atoms with E-state index in [1.807, 2.05) is 19.9 Å². The fourth-order valence-electron chi connectivity index (χ4n) is 1.17. The number of carbonyl (C=O) groups excluding carboxylic acids is 1. The third kappa shape index (κ3) is 2.86. The first kappa shape index (κ1) is 11.9. The minimum absolute atomic E-state index is 0.0892. The van der Waals surface area contributed by atoms with E-state index in [1.54, 1.807) is 25.3 Å². The van der Waals surface area contributed by atoms with Crippen LogP contribution in [0.1, 0.15) is 26.5 Å². The summed E-state index contributed by atoms with van der Waals surface area (Å²) >= 11 is 0. The van der Waals surface area contributed by atoms with Crippen molar-refractivity contribution in [2.24, 2.45) is 5.92 Å². The molecule has 0 amide bonds. The molecule has 0 aliphatic rings. The van der Waals surface area contributed by atoms with Crippen LogP contribution in [0.3, 0.4) is 0 Å². The molecule has 0 bridgehead atoms. The molecule has 0 spiro atoms. The van der Waals surface area contributed by atoms with E-state index in [0.717, 1.165) is 0 Å². The summed E-state index contributed by atoms with van der Waals surface area (Å²) in [4.78, 5) is 15.8. The van der Waals surface area contributed by atoms with Gasteiger partial charge < -0.3 is 5.11 Å². The van der Waals surface area contributed by atoms with Crippen LogP contribution in [-0.2, 0) is 11.2 Å². The second-order valence-corrected chi connectivity index (χ2v) is 4.22. The molecule has 3 heteroatoms. The minimum atomic E-state index is -1.27. The quantitative estimate of drug-likeness (QED) is 0.815. The largest absolute Gasteiger partial charge is 0.382 e. The van der Waals surface area contributed by atoms with Crippen molar-refractivity contribution in [1.29, 1.82) is 0 Å². The third-order valence-electron chi connectivity index (χ3n) is 2.76. The number of hydrogen-bond donors (Lipinski definition) is 1. The molecule has 1 heterocycles. The van der Waals surface area contributed by atoms with Gasteiger partial charge in [-0.3, -0.25) is 9.78 Å². The molecule has 0 unspecified atom stereocenters. The Hall–Kier alpha value is -1.22. The number of aliphatic hydroxyl groups is 1. The SMILES string of the molecule is CC(C)[C@](C)(O)C(=O)Cc1ccccn1. The normalized spacial score (nSPS) is 15.0. The van der Waals surface area contributed by atoms with Crippen LogP contribution in [-0.4, -0.2) is 21.5 Å². The molecule has 3 nitrogen and oxygen atoms in total. The molecule has 1 aromatic rings. The van der Waals surface area contributed by atoms with Gasteiger partial charge in [-0.2, -0.15) is 0 Å². The monoisotopic (exact) mass is 207 g/mol. The van der Waals surface area contributed by atoms with Crippen molar-refractivity contribution in [3.8, 4) is 0 Å². The highest BCUT2D eigenvalue weighted by atomic mass is 16.3. The number of nitrogens with zero attached hydrogens (tertiary/aromatic N) is 1. The molecular weight excluding hydrogens is 190 g/mol. The lowest BCUT2D eigenvalue weighted by Gasteiger charge is -2.25. The van der Waals surface area contributed by atoms with Gasteiger partial charge in [0.2, 0.25) is 0 Å². The molecule has 1 rings (SSSR count). The van der Waals surface area contributed by atoms with Gasteiger partial charge in [0.15, 0.2) is 5.78 Å². The Kier molecular flexibility index (Phi) is 3.58. The van der Waals surface area contributed by atoms with Gasteiger partial charge in [-0.25, -0.2) is 0 Å². The molecule has 0 saturated carbocycles. The Morgan fingerprint density at radius 2 is 2.20 bits per heavy atom. The molecule has 0 saturated heterocycles. The van der Waals surface area contributed by atoms with E-state index < -0.39 is 5.60 Å². The second kappa shape index (κ2) is 4.53. The van der Waals surface area contributed by atoms with Gasteiger partial charge in [-0.15, -0.1) is 0 Å². The fourth-order valence-corrected chi connectivity index (χ4v) is 1.17. The molecule has 0 fully saturated rings. The smallest absolute Gasteiger partial charge is 0.170 e. The summed E-state index contributed by atoms with van der Waals surface area (Å²) in [5.74, 6) is -0.273. The number of pyridine rings is 1. The van der Waals surface area contributed by atoms with Crippen molar-refractivity contribution in [1.82, 2.24) is 4.98 Å². The van der Waals surface area contributed by atoms with E-state index in [-0.39, 0.29) is 18.1 Å². The standard InChI is InChI=1S/C12H17NO2/c1-9(2)12(3,15)11(14)8-10-6-4-5-7-13-10/h4-7,9,15H,8H2,1-3H3/t12-/m0/s1. The van der Waals surface area contributed by atoms with Crippen molar-refractivity contribution in [2.75, 3.05) is 0 Å². The first-order chi connectivity index (χ1) is 6.94. The zero-order valence-corrected chi connectivity index (χ0v) is 9.40. The van der Waals surface area contributed by atoms with Crippen LogP contribution in [0.4, 0.5) is 0 Å². The molecule has 82 valence electrons. The molecule has 0 aliphatic carbocycles. The van der Waals surface area contributed by atoms with Gasteiger partial charge in [-0.05, 0) is 25.0 Å². The Labute approximate surface area is 90.2 Å². The van der Waals surface area contributed by atoms with Gasteiger partial charge in [-0.1, -0.05) is 19.9 Å². The fraction of sp³-hybridized carbons (Fsp3) is 0.500. The van der Waals surface area contributed by atoms with E-state index in [4.69, 9.17) is 0 Å². The van der Waals surface area contributed by atoms with Crippen LogP contribution >= 0.6 is 0 Å². The van der Waals surface area contributed by atoms with Crippen LogP contribution < -0.4 is 0 Å². The van der Waals surface area contributed by atoms with Crippen LogP contribution in [0.15, 0.2) is 24.4 Å². The number of Topliss-reactive ketones (excluding diaryl/α,β-unsaturated/α-hetero) is 1. The molecule has 0 aliphatic heterocycles. The predicted molar refractivity (Wildman–Crippen MR) is 58.4 cm³/mol. The van der Waals surface area contributed by atoms with E-state index in [9.17, 15) is 9.90 Å². The lowest BCUT2D eigenvalue weighted by molar-refractivity contribution is -0.139. The molecular formula is C12H17NO2. The predicted octanol–water partition coefficient (Wildman–Crippen LogP) is 1.60. The van der Waals surface area contributed by atoms with Crippen LogP contribution in [0.2, 0.25) is 0 Å². The van der Waals surface area contributed by atoms with Gasteiger partial charge in [0.05, 0.1) is 6.42 Å². The summed E-state index contributed by atoms with van der Waals surface area (Å²) in [7, 11) is 0. The number of hydrogen-bond acceptors (Lipinski definition) is 3. The summed E-state index contributed by atoms with van der Waals surface area (Å²) in [5, 5.41) is 9.94. The minimum Gasteiger partial charge on any atom is -0.382 e. The maximum Gasteiger partial charge on any atom is 0.170 e. The first-order valence-electron chi connectivity index (χ1n) is 5.10.